The fourth-order valence-electron chi connectivity index (χ4n) is 4.02. The number of nitrogens with zero attached hydrogens (tertiary/aromatic N) is 2. The molecule has 1 aliphatic rings. The Morgan fingerprint density at radius 1 is 1.03 bits per heavy atom. The molecule has 33 heavy (non-hydrogen) atoms. The van der Waals surface area contributed by atoms with Gasteiger partial charge in [0.15, 0.2) is 0 Å². The van der Waals surface area contributed by atoms with E-state index in [1.54, 1.807) is 24.5 Å². The number of anilines is 1. The van der Waals surface area contributed by atoms with E-state index in [0.717, 1.165) is 21.9 Å². The van der Waals surface area contributed by atoms with Gasteiger partial charge in [0.05, 0.1) is 13.7 Å². The summed E-state index contributed by atoms with van der Waals surface area (Å²) in [5.74, 6) is 0.766. The van der Waals surface area contributed by atoms with Crippen molar-refractivity contribution in [3.05, 3.63) is 88.6 Å². The maximum absolute atomic E-state index is 13.5. The molecule has 0 unspecified atom stereocenters. The van der Waals surface area contributed by atoms with Gasteiger partial charge in [-0.3, -0.25) is 9.59 Å². The van der Waals surface area contributed by atoms with Gasteiger partial charge < -0.3 is 14.5 Å². The van der Waals surface area contributed by atoms with Gasteiger partial charge in [0, 0.05) is 35.6 Å². The van der Waals surface area contributed by atoms with Crippen LogP contribution >= 0.6 is 11.3 Å². The molecule has 3 aromatic rings. The van der Waals surface area contributed by atoms with Crippen LogP contribution in [0.3, 0.4) is 0 Å². The molecule has 1 saturated heterocycles. The summed E-state index contributed by atoms with van der Waals surface area (Å²) < 4.78 is 5.27. The van der Waals surface area contributed by atoms with Crippen molar-refractivity contribution in [2.45, 2.75) is 19.4 Å². The summed E-state index contributed by atoms with van der Waals surface area (Å²) in [5.41, 5.74) is 1.86. The molecule has 2 amide bonds. The van der Waals surface area contributed by atoms with Gasteiger partial charge in [-0.05, 0) is 60.2 Å². The Balaban J connectivity index is 1.41. The lowest BCUT2D eigenvalue weighted by atomic mass is 9.94. The molecule has 0 radical (unpaired) electrons. The number of piperidine rings is 1. The van der Waals surface area contributed by atoms with E-state index in [1.165, 1.54) is 0 Å². The van der Waals surface area contributed by atoms with Crippen LogP contribution in [0.1, 0.15) is 23.3 Å². The van der Waals surface area contributed by atoms with Gasteiger partial charge >= 0.3 is 0 Å². The average Bonchev–Trinajstić information content (AvgIpc) is 3.40. The quantitative estimate of drug-likeness (QED) is 0.453. The minimum Gasteiger partial charge on any atom is -0.497 e. The van der Waals surface area contributed by atoms with Gasteiger partial charge in [0.2, 0.25) is 11.8 Å². The van der Waals surface area contributed by atoms with Crippen LogP contribution < -0.4 is 9.64 Å². The molecule has 0 bridgehead atoms. The second-order valence-electron chi connectivity index (χ2n) is 8.05. The summed E-state index contributed by atoms with van der Waals surface area (Å²) in [7, 11) is 1.63. The van der Waals surface area contributed by atoms with Gasteiger partial charge in [-0.15, -0.1) is 11.3 Å². The first kappa shape index (κ1) is 22.8. The highest BCUT2D eigenvalue weighted by Crippen LogP contribution is 2.28. The van der Waals surface area contributed by atoms with E-state index in [2.05, 4.69) is 6.07 Å². The molecule has 0 spiro atoms. The summed E-state index contributed by atoms with van der Waals surface area (Å²) in [6.07, 6.45) is 4.80. The number of thiophene rings is 1. The number of ether oxygens (including phenoxy) is 1. The number of rotatable bonds is 7. The third kappa shape index (κ3) is 5.90. The lowest BCUT2D eigenvalue weighted by Gasteiger charge is -2.34. The Bertz CT molecular complexity index is 1070. The monoisotopic (exact) mass is 460 g/mol. The highest BCUT2D eigenvalue weighted by Gasteiger charge is 2.30. The summed E-state index contributed by atoms with van der Waals surface area (Å²) in [6.45, 7) is 1.72. The van der Waals surface area contributed by atoms with E-state index in [9.17, 15) is 9.59 Å². The molecule has 5 nitrogen and oxygen atoms in total. The number of amides is 2. The topological polar surface area (TPSA) is 49.9 Å². The summed E-state index contributed by atoms with van der Waals surface area (Å²) in [6, 6.07) is 21.5. The molecule has 170 valence electrons. The van der Waals surface area contributed by atoms with Gasteiger partial charge in [-0.1, -0.05) is 36.4 Å². The summed E-state index contributed by atoms with van der Waals surface area (Å²) in [5, 5.41) is 2.03. The molecule has 0 saturated carbocycles. The van der Waals surface area contributed by atoms with Crippen molar-refractivity contribution in [3.8, 4) is 5.75 Å². The van der Waals surface area contributed by atoms with Crippen LogP contribution in [0.25, 0.3) is 6.08 Å². The van der Waals surface area contributed by atoms with Crippen molar-refractivity contribution < 1.29 is 14.3 Å². The normalized spacial score (nSPS) is 14.4. The highest BCUT2D eigenvalue weighted by atomic mass is 32.1. The zero-order chi connectivity index (χ0) is 23.0. The van der Waals surface area contributed by atoms with Crippen LogP contribution in [0.2, 0.25) is 0 Å². The minimum atomic E-state index is -0.103. The first-order valence-electron chi connectivity index (χ1n) is 11.1. The molecule has 2 heterocycles. The number of hydrogen-bond acceptors (Lipinski definition) is 4. The van der Waals surface area contributed by atoms with Crippen molar-refractivity contribution in [1.82, 2.24) is 4.90 Å². The molecular weight excluding hydrogens is 432 g/mol. The van der Waals surface area contributed by atoms with Crippen LogP contribution in [-0.2, 0) is 16.1 Å². The van der Waals surface area contributed by atoms with Crippen molar-refractivity contribution in [3.63, 3.8) is 0 Å². The summed E-state index contributed by atoms with van der Waals surface area (Å²) in [4.78, 5) is 31.0. The predicted molar refractivity (Wildman–Crippen MR) is 133 cm³/mol. The molecule has 2 aromatic carbocycles. The molecule has 0 aliphatic carbocycles. The lowest BCUT2D eigenvalue weighted by Crippen LogP contribution is -2.44. The Morgan fingerprint density at radius 3 is 2.39 bits per heavy atom. The SMILES string of the molecule is COc1ccc(N(Cc2cccs2)C(=O)C2CCN(C(=O)/C=C/c3ccccc3)CC2)cc1. The van der Waals surface area contributed by atoms with Gasteiger partial charge in [-0.25, -0.2) is 0 Å². The Kier molecular flexibility index (Phi) is 7.58. The molecule has 4 rings (SSSR count). The second-order valence-corrected chi connectivity index (χ2v) is 9.08. The molecule has 0 atom stereocenters. The maximum atomic E-state index is 13.5. The minimum absolute atomic E-state index is 0.00431. The zero-order valence-corrected chi connectivity index (χ0v) is 19.5. The van der Waals surface area contributed by atoms with E-state index in [0.29, 0.717) is 32.5 Å². The third-order valence-electron chi connectivity index (χ3n) is 5.92. The fraction of sp³-hybridized carbons (Fsp3) is 0.259. The molecule has 1 fully saturated rings. The van der Waals surface area contributed by atoms with Crippen LogP contribution in [-0.4, -0.2) is 36.9 Å². The van der Waals surface area contributed by atoms with Crippen molar-refractivity contribution >= 4 is 34.9 Å². The number of methoxy groups -OCH3 is 1. The number of likely N-dealkylation sites (tertiary alicyclic amines) is 1. The van der Waals surface area contributed by atoms with Crippen molar-refractivity contribution in [2.24, 2.45) is 5.92 Å². The van der Waals surface area contributed by atoms with E-state index < -0.39 is 0 Å². The second kappa shape index (κ2) is 11.0. The van der Waals surface area contributed by atoms with Gasteiger partial charge in [-0.2, -0.15) is 0 Å². The Labute approximate surface area is 198 Å². The standard InChI is InChI=1S/C27H28N2O3S/c1-32-24-12-10-23(11-13-24)29(20-25-8-5-19-33-25)27(31)22-15-17-28(18-16-22)26(30)14-9-21-6-3-2-4-7-21/h2-14,19,22H,15-18,20H2,1H3/b14-9+. The Hall–Kier alpha value is -3.38. The smallest absolute Gasteiger partial charge is 0.246 e. The number of benzene rings is 2. The van der Waals surface area contributed by atoms with Crippen molar-refractivity contribution in [1.29, 1.82) is 0 Å². The lowest BCUT2D eigenvalue weighted by molar-refractivity contribution is -0.131. The predicted octanol–water partition coefficient (Wildman–Crippen LogP) is 5.24. The largest absolute Gasteiger partial charge is 0.497 e. The molecule has 1 aliphatic heterocycles. The van der Waals surface area contributed by atoms with E-state index in [4.69, 9.17) is 4.74 Å². The average molecular weight is 461 g/mol. The number of hydrogen-bond donors (Lipinski definition) is 0. The third-order valence-corrected chi connectivity index (χ3v) is 6.78. The zero-order valence-electron chi connectivity index (χ0n) is 18.7. The fourth-order valence-corrected chi connectivity index (χ4v) is 4.71. The van der Waals surface area contributed by atoms with Crippen LogP contribution in [0.4, 0.5) is 5.69 Å². The van der Waals surface area contributed by atoms with E-state index in [-0.39, 0.29) is 17.7 Å². The van der Waals surface area contributed by atoms with Crippen LogP contribution in [0.15, 0.2) is 78.2 Å². The first-order chi connectivity index (χ1) is 16.1. The van der Waals surface area contributed by atoms with Gasteiger partial charge in [0.1, 0.15) is 5.75 Å². The molecular formula is C27H28N2O3S. The maximum Gasteiger partial charge on any atom is 0.246 e. The van der Waals surface area contributed by atoms with E-state index >= 15 is 0 Å². The highest BCUT2D eigenvalue weighted by molar-refractivity contribution is 7.09. The van der Waals surface area contributed by atoms with Gasteiger partial charge in [0.25, 0.3) is 0 Å². The number of carbonyl (C=O) groups excluding carboxylic acids is 2. The molecule has 6 heteroatoms. The van der Waals surface area contributed by atoms with Crippen LogP contribution in [0.5, 0.6) is 5.75 Å². The Morgan fingerprint density at radius 2 is 1.76 bits per heavy atom. The van der Waals surface area contributed by atoms with Crippen LogP contribution in [0, 0.1) is 5.92 Å². The molecule has 0 N–H and O–H groups in total. The van der Waals surface area contributed by atoms with Crippen molar-refractivity contribution in [2.75, 3.05) is 25.1 Å². The summed E-state index contributed by atoms with van der Waals surface area (Å²) >= 11 is 1.65. The number of carbonyl (C=O) groups is 2. The van der Waals surface area contributed by atoms with E-state index in [1.807, 2.05) is 81.9 Å². The first-order valence-corrected chi connectivity index (χ1v) is 12.0. The molecule has 1 aromatic heterocycles.